The van der Waals surface area contributed by atoms with Crippen molar-refractivity contribution in [3.8, 4) is 11.5 Å². The van der Waals surface area contributed by atoms with Crippen LogP contribution in [0, 0.1) is 10.1 Å². The molecule has 184 valence electrons. The van der Waals surface area contributed by atoms with Crippen LogP contribution in [-0.2, 0) is 8.53 Å². The number of phenols is 2. The molecular formula is C20H19AsN4O10. The van der Waals surface area contributed by atoms with E-state index in [0.29, 0.717) is 5.56 Å². The monoisotopic (exact) mass is 550 g/mol. The minimum Gasteiger partial charge on any atom is -0.508 e. The molecule has 0 saturated carbocycles. The molecule has 2 amide bonds. The van der Waals surface area contributed by atoms with Gasteiger partial charge in [0, 0.05) is 5.56 Å². The van der Waals surface area contributed by atoms with Crippen molar-refractivity contribution < 1.29 is 41.1 Å². The van der Waals surface area contributed by atoms with Gasteiger partial charge in [0.15, 0.2) is 5.76 Å². The van der Waals surface area contributed by atoms with Gasteiger partial charge in [0.1, 0.15) is 10.7 Å². The van der Waals surface area contributed by atoms with Gasteiger partial charge in [0.05, 0.1) is 12.3 Å². The number of hydrogen-bond donors (Lipinski definition) is 6. The van der Waals surface area contributed by atoms with Gasteiger partial charge in [-0.05, 0) is 30.3 Å². The number of benzene rings is 2. The molecule has 35 heavy (non-hydrogen) atoms. The maximum absolute atomic E-state index is 11.6. The molecule has 0 atom stereocenters. The van der Waals surface area contributed by atoms with E-state index >= 15 is 0 Å². The number of carbonyl (C=O) groups excluding carboxylic acids is 2. The fourth-order valence-corrected chi connectivity index (χ4v) is 3.52. The number of amides is 2. The van der Waals surface area contributed by atoms with Crippen LogP contribution in [0.15, 0.2) is 64.1 Å². The first-order valence-electron chi connectivity index (χ1n) is 9.40. The van der Waals surface area contributed by atoms with Crippen molar-refractivity contribution >= 4 is 48.1 Å². The van der Waals surface area contributed by atoms with Gasteiger partial charge >= 0.3 is 94.0 Å². The Labute approximate surface area is 199 Å². The quantitative estimate of drug-likeness (QED) is 0.0822. The molecule has 0 bridgehead atoms. The standard InChI is InChI=1S/C12H9N3O5.C8H10AsNO5/c16-9-3-1-8(2-4-9)12(17)14-13-7-10-5-6-11(20-10)15(18)19;1-5(11)10-7-4-6(9(13,14)15)2-3-8(7)12/h1-7,16H,(H,14,17);2-4,12H,1H3,(H,10,11)(H2,13,14,15)/b13-7+;. The van der Waals surface area contributed by atoms with Gasteiger partial charge in [-0.1, -0.05) is 0 Å². The molecule has 3 rings (SSSR count). The summed E-state index contributed by atoms with van der Waals surface area (Å²) in [6, 6.07) is 11.5. The first-order valence-corrected chi connectivity index (χ1v) is 12.8. The first kappa shape index (κ1) is 26.9. The van der Waals surface area contributed by atoms with Gasteiger partial charge in [-0.15, -0.1) is 0 Å². The molecule has 3 aromatic rings. The van der Waals surface area contributed by atoms with E-state index in [0.717, 1.165) is 24.4 Å². The van der Waals surface area contributed by atoms with Crippen LogP contribution in [0.5, 0.6) is 11.5 Å². The SMILES string of the molecule is CC(=O)Nc1cc([As](=O)(O)O)ccc1O.O=C(N/N=C/c1ccc([N+](=O)[O-])o1)c1ccc(O)cc1. The van der Waals surface area contributed by atoms with Gasteiger partial charge in [0.2, 0.25) is 0 Å². The van der Waals surface area contributed by atoms with Crippen molar-refractivity contribution in [3.63, 3.8) is 0 Å². The Bertz CT molecular complexity index is 1300. The molecule has 0 fully saturated rings. The van der Waals surface area contributed by atoms with E-state index in [1.165, 1.54) is 43.3 Å². The number of nitro groups is 1. The Balaban J connectivity index is 0.000000258. The summed E-state index contributed by atoms with van der Waals surface area (Å²) in [4.78, 5) is 32.0. The molecule has 2 aromatic carbocycles. The fraction of sp³-hybridized carbons (Fsp3) is 0.0500. The molecule has 1 aromatic heterocycles. The maximum Gasteiger partial charge on any atom is 0.433 e. The minimum absolute atomic E-state index is 0.00951. The van der Waals surface area contributed by atoms with E-state index < -0.39 is 36.8 Å². The Hall–Kier alpha value is -4.39. The van der Waals surface area contributed by atoms with E-state index in [9.17, 15) is 28.5 Å². The fourth-order valence-electron chi connectivity index (χ4n) is 2.34. The molecule has 0 aliphatic heterocycles. The molecule has 0 aliphatic rings. The molecule has 1 heterocycles. The number of nitrogens with zero attached hydrogens (tertiary/aromatic N) is 2. The topological polar surface area (TPSA) is 225 Å². The van der Waals surface area contributed by atoms with Gasteiger partial charge in [0.25, 0.3) is 5.91 Å². The van der Waals surface area contributed by atoms with E-state index in [1.54, 1.807) is 0 Å². The number of anilines is 1. The van der Waals surface area contributed by atoms with Crippen molar-refractivity contribution in [2.24, 2.45) is 5.10 Å². The van der Waals surface area contributed by atoms with Crippen LogP contribution in [0.2, 0.25) is 0 Å². The number of aromatic hydroxyl groups is 2. The Morgan fingerprint density at radius 2 is 1.74 bits per heavy atom. The smallest absolute Gasteiger partial charge is 0.433 e. The largest absolute Gasteiger partial charge is 0.508 e. The third-order valence-corrected chi connectivity index (χ3v) is 5.90. The normalized spacial score (nSPS) is 10.8. The predicted octanol–water partition coefficient (Wildman–Crippen LogP) is 0.569. The van der Waals surface area contributed by atoms with Crippen LogP contribution in [0.1, 0.15) is 23.0 Å². The zero-order valence-electron chi connectivity index (χ0n) is 17.9. The molecule has 0 unspecified atom stereocenters. The summed E-state index contributed by atoms with van der Waals surface area (Å²) >= 11 is -4.98. The Morgan fingerprint density at radius 1 is 1.09 bits per heavy atom. The molecule has 0 spiro atoms. The van der Waals surface area contributed by atoms with Crippen LogP contribution in [0.25, 0.3) is 0 Å². The summed E-state index contributed by atoms with van der Waals surface area (Å²) in [5.74, 6) is -1.37. The van der Waals surface area contributed by atoms with Crippen molar-refractivity contribution in [1.82, 2.24) is 5.43 Å². The van der Waals surface area contributed by atoms with E-state index in [2.05, 4.69) is 15.8 Å². The van der Waals surface area contributed by atoms with Crippen molar-refractivity contribution in [1.29, 1.82) is 0 Å². The van der Waals surface area contributed by atoms with Crippen LogP contribution in [0.4, 0.5) is 11.6 Å². The molecule has 15 heteroatoms. The van der Waals surface area contributed by atoms with Crippen molar-refractivity contribution in [2.75, 3.05) is 5.32 Å². The number of hydrogen-bond acceptors (Lipinski definition) is 9. The zero-order valence-corrected chi connectivity index (χ0v) is 19.7. The summed E-state index contributed by atoms with van der Waals surface area (Å²) in [6.45, 7) is 1.23. The van der Waals surface area contributed by atoms with E-state index in [1.807, 2.05) is 0 Å². The predicted molar refractivity (Wildman–Crippen MR) is 121 cm³/mol. The average Bonchev–Trinajstić information content (AvgIpc) is 3.24. The summed E-state index contributed by atoms with van der Waals surface area (Å²) in [5.41, 5.74) is 2.53. The number of phenolic OH excluding ortho intramolecular Hbond substituents is 2. The van der Waals surface area contributed by atoms with E-state index in [-0.39, 0.29) is 27.3 Å². The van der Waals surface area contributed by atoms with Gasteiger partial charge in [-0.25, -0.2) is 5.43 Å². The van der Waals surface area contributed by atoms with Gasteiger partial charge in [-0.3, -0.25) is 14.9 Å². The second kappa shape index (κ2) is 11.6. The summed E-state index contributed by atoms with van der Waals surface area (Å²) in [7, 11) is 0. The maximum atomic E-state index is 11.6. The molecule has 0 radical (unpaired) electrons. The summed E-state index contributed by atoms with van der Waals surface area (Å²) in [5, 5.41) is 34.6. The third kappa shape index (κ3) is 8.47. The second-order valence-corrected chi connectivity index (χ2v) is 9.97. The second-order valence-electron chi connectivity index (χ2n) is 6.61. The number of furan rings is 1. The molecule has 6 N–H and O–H groups in total. The van der Waals surface area contributed by atoms with Crippen LogP contribution in [0.3, 0.4) is 0 Å². The average molecular weight is 550 g/mol. The number of nitrogens with one attached hydrogen (secondary N) is 2. The van der Waals surface area contributed by atoms with E-state index in [4.69, 9.17) is 17.7 Å². The molecular weight excluding hydrogens is 531 g/mol. The van der Waals surface area contributed by atoms with Crippen molar-refractivity contribution in [3.05, 3.63) is 76.0 Å². The number of rotatable bonds is 6. The van der Waals surface area contributed by atoms with Gasteiger partial charge in [-0.2, -0.15) is 5.10 Å². The van der Waals surface area contributed by atoms with Crippen LogP contribution < -0.4 is 15.1 Å². The Morgan fingerprint density at radius 3 is 2.29 bits per heavy atom. The number of carbonyl (C=O) groups is 2. The molecule has 14 nitrogen and oxygen atoms in total. The summed E-state index contributed by atoms with van der Waals surface area (Å²) < 4.78 is 33.4. The molecule has 0 aliphatic carbocycles. The van der Waals surface area contributed by atoms with Gasteiger partial charge < -0.3 is 9.52 Å². The number of hydrazone groups is 1. The van der Waals surface area contributed by atoms with Crippen LogP contribution >= 0.6 is 0 Å². The van der Waals surface area contributed by atoms with Crippen molar-refractivity contribution in [2.45, 2.75) is 6.92 Å². The first-order chi connectivity index (χ1) is 16.4. The van der Waals surface area contributed by atoms with Crippen LogP contribution in [-0.4, -0.2) is 55.5 Å². The summed E-state index contributed by atoms with van der Waals surface area (Å²) in [6.07, 6.45) is 1.14. The Kier molecular flexibility index (Phi) is 8.94. The zero-order chi connectivity index (χ0) is 26.2. The minimum atomic E-state index is -4.98. The molecule has 0 saturated heterocycles. The third-order valence-electron chi connectivity index (χ3n) is 3.91.